The van der Waals surface area contributed by atoms with Gasteiger partial charge in [0, 0.05) is 11.1 Å². The number of rotatable bonds is 4. The summed E-state index contributed by atoms with van der Waals surface area (Å²) in [5.74, 6) is -15.8. The molecule has 0 saturated carbocycles. The molecule has 1 aliphatic rings. The van der Waals surface area contributed by atoms with Gasteiger partial charge in [-0.25, -0.2) is 0 Å². The molecule has 0 atom stereocenters. The van der Waals surface area contributed by atoms with Crippen LogP contribution in [0.4, 0.5) is 26.3 Å². The van der Waals surface area contributed by atoms with Crippen LogP contribution in [0.3, 0.4) is 0 Å². The monoisotopic (exact) mass is 630 g/mol. The number of alkyl halides is 6. The molecule has 0 radical (unpaired) electrons. The predicted octanol–water partition coefficient (Wildman–Crippen LogP) is 12.5. The molecule has 0 saturated heterocycles. The molecule has 7 aromatic rings. The summed E-state index contributed by atoms with van der Waals surface area (Å²) in [6, 6.07) is 43.5. The molecule has 0 spiro atoms. The molecule has 0 amide bonds. The van der Waals surface area contributed by atoms with Crippen LogP contribution in [0.2, 0.25) is 0 Å². The van der Waals surface area contributed by atoms with Crippen LogP contribution < -0.4 is 0 Å². The lowest BCUT2D eigenvalue weighted by Gasteiger charge is -2.23. The van der Waals surface area contributed by atoms with Crippen LogP contribution in [0.25, 0.3) is 66.1 Å². The van der Waals surface area contributed by atoms with Crippen molar-refractivity contribution < 1.29 is 26.3 Å². The lowest BCUT2D eigenvalue weighted by Crippen LogP contribution is -2.43. The van der Waals surface area contributed by atoms with Gasteiger partial charge >= 0.3 is 17.8 Å². The molecule has 0 bridgehead atoms. The third-order valence-corrected chi connectivity index (χ3v) is 9.14. The first kappa shape index (κ1) is 29.1. The molecule has 0 aromatic heterocycles. The Morgan fingerprint density at radius 3 is 0.979 bits per heavy atom. The van der Waals surface area contributed by atoms with Gasteiger partial charge < -0.3 is 0 Å². The molecule has 0 fully saturated rings. The number of hydrogen-bond donors (Lipinski definition) is 0. The Balaban J connectivity index is 1.39. The van der Waals surface area contributed by atoms with E-state index in [9.17, 15) is 8.78 Å². The Morgan fingerprint density at radius 2 is 0.596 bits per heavy atom. The third-order valence-electron chi connectivity index (χ3n) is 9.14. The molecule has 47 heavy (non-hydrogen) atoms. The molecule has 0 heterocycles. The van der Waals surface area contributed by atoms with Gasteiger partial charge in [-0.1, -0.05) is 121 Å². The maximum atomic E-state index is 15.5. The number of hydrogen-bond acceptors (Lipinski definition) is 0. The van der Waals surface area contributed by atoms with Crippen molar-refractivity contribution >= 4 is 21.5 Å². The highest BCUT2D eigenvalue weighted by molar-refractivity contribution is 6.14. The molecular weight excluding hydrogens is 606 g/mol. The highest BCUT2D eigenvalue weighted by Gasteiger charge is 2.79. The minimum Gasteiger partial charge on any atom is -0.194 e. The van der Waals surface area contributed by atoms with E-state index < -0.39 is 28.9 Å². The summed E-state index contributed by atoms with van der Waals surface area (Å²) < 4.78 is 91.7. The van der Waals surface area contributed by atoms with Gasteiger partial charge in [0.25, 0.3) is 0 Å². The zero-order chi connectivity index (χ0) is 32.6. The Morgan fingerprint density at radius 1 is 0.277 bits per heavy atom. The summed E-state index contributed by atoms with van der Waals surface area (Å²) >= 11 is 0. The maximum absolute atomic E-state index is 15.5. The molecule has 0 aliphatic heterocycles. The van der Waals surface area contributed by atoms with Crippen LogP contribution in [0.15, 0.2) is 146 Å². The van der Waals surface area contributed by atoms with Crippen molar-refractivity contribution in [3.05, 3.63) is 157 Å². The molecule has 7 aromatic carbocycles. The van der Waals surface area contributed by atoms with Gasteiger partial charge in [-0.05, 0) is 90.3 Å². The minimum absolute atomic E-state index is 0.190. The molecular formula is C41H24F6. The average molecular weight is 631 g/mol. The molecule has 0 N–H and O–H groups in total. The number of benzene rings is 7. The van der Waals surface area contributed by atoms with E-state index in [-0.39, 0.29) is 21.5 Å². The molecule has 0 unspecified atom stereocenters. The Labute approximate surface area is 266 Å². The summed E-state index contributed by atoms with van der Waals surface area (Å²) in [4.78, 5) is 0. The van der Waals surface area contributed by atoms with Gasteiger partial charge in [-0.3, -0.25) is 0 Å². The van der Waals surface area contributed by atoms with Crippen molar-refractivity contribution in [1.29, 1.82) is 0 Å². The van der Waals surface area contributed by atoms with E-state index in [0.29, 0.717) is 11.1 Å². The van der Waals surface area contributed by atoms with Crippen LogP contribution in [0.5, 0.6) is 0 Å². The fourth-order valence-electron chi connectivity index (χ4n) is 6.78. The van der Waals surface area contributed by atoms with Gasteiger partial charge in [-0.15, -0.1) is 0 Å². The standard InChI is InChI=1S/C41H24F6/c42-39(43)37-33-19-17-31(29-15-7-13-27(21-29)25-9-3-1-4-10-25)23-35(33)36-24-32(18-20-34(36)38(37)40(44,45)41(39,46)47)30-16-8-14-28(22-30)26-11-5-2-6-12-26/h1-24H. The maximum Gasteiger partial charge on any atom is 0.380 e. The van der Waals surface area contributed by atoms with Crippen molar-refractivity contribution in [1.82, 2.24) is 0 Å². The average Bonchev–Trinajstić information content (AvgIpc) is 3.22. The lowest BCUT2D eigenvalue weighted by atomic mass is 9.88. The summed E-state index contributed by atoms with van der Waals surface area (Å²) in [5.41, 5.74) is 3.95. The normalized spacial score (nSPS) is 16.0. The summed E-state index contributed by atoms with van der Waals surface area (Å²) in [5, 5.41) is -0.272. The largest absolute Gasteiger partial charge is 0.380 e. The van der Waals surface area contributed by atoms with Crippen molar-refractivity contribution in [2.75, 3.05) is 0 Å². The van der Waals surface area contributed by atoms with Crippen LogP contribution in [-0.2, 0) is 11.8 Å². The first-order valence-corrected chi connectivity index (χ1v) is 15.1. The summed E-state index contributed by atoms with van der Waals surface area (Å²) in [6.07, 6.45) is 0. The van der Waals surface area contributed by atoms with Gasteiger partial charge in [0.2, 0.25) is 0 Å². The van der Waals surface area contributed by atoms with Crippen LogP contribution in [-0.4, -0.2) is 5.92 Å². The summed E-state index contributed by atoms with van der Waals surface area (Å²) in [6.45, 7) is 0. The van der Waals surface area contributed by atoms with E-state index >= 15 is 17.6 Å². The number of halogens is 6. The molecule has 230 valence electrons. The Bertz CT molecular complexity index is 2160. The Kier molecular flexibility index (Phi) is 6.39. The lowest BCUT2D eigenvalue weighted by molar-refractivity contribution is -0.301. The quantitative estimate of drug-likeness (QED) is 0.134. The van der Waals surface area contributed by atoms with Crippen LogP contribution in [0.1, 0.15) is 11.1 Å². The highest BCUT2D eigenvalue weighted by atomic mass is 19.3. The molecule has 1 aliphatic carbocycles. The fraction of sp³-hybridized carbons (Fsp3) is 0.0732. The second-order valence-corrected chi connectivity index (χ2v) is 11.9. The third kappa shape index (κ3) is 4.31. The Hall–Kier alpha value is -5.36. The second-order valence-electron chi connectivity index (χ2n) is 11.9. The van der Waals surface area contributed by atoms with E-state index in [4.69, 9.17) is 0 Å². The minimum atomic E-state index is -5.60. The molecule has 8 rings (SSSR count). The van der Waals surface area contributed by atoms with Crippen molar-refractivity contribution in [2.24, 2.45) is 0 Å². The van der Waals surface area contributed by atoms with E-state index in [1.54, 1.807) is 12.1 Å². The van der Waals surface area contributed by atoms with Crippen LogP contribution >= 0.6 is 0 Å². The SMILES string of the molecule is FC1(F)c2c(c3ccc(-c4cccc(-c5ccccc5)c4)cc3c3cc(-c4cccc(-c5ccccc5)c4)ccc23)C(F)(F)C1(F)F. The zero-order valence-electron chi connectivity index (χ0n) is 24.6. The van der Waals surface area contributed by atoms with Crippen molar-refractivity contribution in [3.8, 4) is 44.5 Å². The van der Waals surface area contributed by atoms with Gasteiger partial charge in [0.05, 0.1) is 0 Å². The van der Waals surface area contributed by atoms with Gasteiger partial charge in [0.1, 0.15) is 0 Å². The number of fused-ring (bicyclic) bond motifs is 6. The van der Waals surface area contributed by atoms with E-state index in [1.807, 2.05) is 109 Å². The van der Waals surface area contributed by atoms with Crippen LogP contribution in [0, 0.1) is 0 Å². The first-order valence-electron chi connectivity index (χ1n) is 15.1. The van der Waals surface area contributed by atoms with Crippen molar-refractivity contribution in [2.45, 2.75) is 17.8 Å². The predicted molar refractivity (Wildman–Crippen MR) is 176 cm³/mol. The second kappa shape index (κ2) is 10.3. The van der Waals surface area contributed by atoms with Crippen molar-refractivity contribution in [3.63, 3.8) is 0 Å². The van der Waals surface area contributed by atoms with E-state index in [1.165, 1.54) is 24.3 Å². The topological polar surface area (TPSA) is 0 Å². The fourth-order valence-corrected chi connectivity index (χ4v) is 6.78. The van der Waals surface area contributed by atoms with E-state index in [0.717, 1.165) is 33.4 Å². The first-order chi connectivity index (χ1) is 22.6. The van der Waals surface area contributed by atoms with Gasteiger partial charge in [-0.2, -0.15) is 26.3 Å². The smallest absolute Gasteiger partial charge is 0.194 e. The highest BCUT2D eigenvalue weighted by Crippen LogP contribution is 2.66. The summed E-state index contributed by atoms with van der Waals surface area (Å²) in [7, 11) is 0. The zero-order valence-corrected chi connectivity index (χ0v) is 24.6. The molecule has 6 heteroatoms. The van der Waals surface area contributed by atoms with E-state index in [2.05, 4.69) is 0 Å². The van der Waals surface area contributed by atoms with Gasteiger partial charge in [0.15, 0.2) is 0 Å². The molecule has 0 nitrogen and oxygen atoms in total.